The molecule has 5 nitrogen and oxygen atoms in total. The lowest BCUT2D eigenvalue weighted by Crippen LogP contribution is -2.26. The van der Waals surface area contributed by atoms with Crippen molar-refractivity contribution in [2.24, 2.45) is 0 Å². The first kappa shape index (κ1) is 18.6. The Morgan fingerprint density at radius 2 is 1.60 bits per heavy atom. The van der Waals surface area contributed by atoms with Crippen LogP contribution in [0.4, 0.5) is 0 Å². The van der Waals surface area contributed by atoms with Gasteiger partial charge in [0.1, 0.15) is 17.2 Å². The quantitative estimate of drug-likeness (QED) is 0.769. The Morgan fingerprint density at radius 1 is 1.04 bits per heavy atom. The van der Waals surface area contributed by atoms with Gasteiger partial charge in [0.25, 0.3) is 5.91 Å². The summed E-state index contributed by atoms with van der Waals surface area (Å²) in [6, 6.07) is 11.2. The Hall–Kier alpha value is -2.69. The van der Waals surface area contributed by atoms with Crippen molar-refractivity contribution in [3.05, 3.63) is 53.1 Å². The van der Waals surface area contributed by atoms with Crippen molar-refractivity contribution >= 4 is 5.91 Å². The van der Waals surface area contributed by atoms with E-state index in [4.69, 9.17) is 14.2 Å². The second kappa shape index (κ2) is 8.42. The van der Waals surface area contributed by atoms with Crippen LogP contribution in [-0.4, -0.2) is 38.7 Å². The Kier molecular flexibility index (Phi) is 6.28. The molecule has 0 spiro atoms. The van der Waals surface area contributed by atoms with E-state index in [1.807, 2.05) is 38.1 Å². The zero-order valence-electron chi connectivity index (χ0n) is 15.5. The van der Waals surface area contributed by atoms with Crippen molar-refractivity contribution < 1.29 is 19.0 Å². The van der Waals surface area contributed by atoms with Gasteiger partial charge >= 0.3 is 0 Å². The van der Waals surface area contributed by atoms with E-state index in [-0.39, 0.29) is 5.91 Å². The van der Waals surface area contributed by atoms with Crippen LogP contribution in [0, 0.1) is 6.92 Å². The smallest absolute Gasteiger partial charge is 0.254 e. The standard InChI is InChI=1S/C20H25NO4/c1-6-25-17-9-7-15(8-10-17)13-21(3)20(22)16-11-18(23-4)14(2)19(12-16)24-5/h7-12H,6,13H2,1-5H3. The molecule has 0 saturated carbocycles. The SMILES string of the molecule is CCOc1ccc(CN(C)C(=O)c2cc(OC)c(C)c(OC)c2)cc1. The summed E-state index contributed by atoms with van der Waals surface area (Å²) in [4.78, 5) is 14.4. The maximum atomic E-state index is 12.8. The van der Waals surface area contributed by atoms with Crippen LogP contribution in [0.5, 0.6) is 17.2 Å². The lowest BCUT2D eigenvalue weighted by Gasteiger charge is -2.19. The Labute approximate surface area is 149 Å². The molecule has 0 aliphatic carbocycles. The highest BCUT2D eigenvalue weighted by atomic mass is 16.5. The van der Waals surface area contributed by atoms with E-state index in [2.05, 4.69) is 0 Å². The predicted molar refractivity (Wildman–Crippen MR) is 97.7 cm³/mol. The highest BCUT2D eigenvalue weighted by molar-refractivity contribution is 5.95. The average molecular weight is 343 g/mol. The first-order chi connectivity index (χ1) is 12.0. The number of amides is 1. The number of ether oxygens (including phenoxy) is 3. The number of hydrogen-bond donors (Lipinski definition) is 0. The molecule has 0 heterocycles. The molecule has 5 heteroatoms. The average Bonchev–Trinajstić information content (AvgIpc) is 2.63. The van der Waals surface area contributed by atoms with Gasteiger partial charge in [-0.2, -0.15) is 0 Å². The van der Waals surface area contributed by atoms with Crippen LogP contribution >= 0.6 is 0 Å². The molecular formula is C20H25NO4. The second-order valence-corrected chi connectivity index (χ2v) is 5.74. The van der Waals surface area contributed by atoms with Gasteiger partial charge in [-0.1, -0.05) is 12.1 Å². The molecule has 0 bridgehead atoms. The van der Waals surface area contributed by atoms with E-state index in [1.54, 1.807) is 38.3 Å². The lowest BCUT2D eigenvalue weighted by molar-refractivity contribution is 0.0784. The molecule has 2 aromatic rings. The third-order valence-electron chi connectivity index (χ3n) is 4.00. The van der Waals surface area contributed by atoms with Gasteiger partial charge in [0.15, 0.2) is 0 Å². The van der Waals surface area contributed by atoms with E-state index in [0.717, 1.165) is 16.9 Å². The van der Waals surface area contributed by atoms with Crippen molar-refractivity contribution in [2.75, 3.05) is 27.9 Å². The summed E-state index contributed by atoms with van der Waals surface area (Å²) in [7, 11) is 4.94. The molecule has 2 rings (SSSR count). The van der Waals surface area contributed by atoms with Gasteiger partial charge in [-0.05, 0) is 43.7 Å². The molecule has 1 amide bonds. The molecular weight excluding hydrogens is 318 g/mol. The van der Waals surface area contributed by atoms with Gasteiger partial charge in [-0.25, -0.2) is 0 Å². The van der Waals surface area contributed by atoms with Gasteiger partial charge in [-0.15, -0.1) is 0 Å². The topological polar surface area (TPSA) is 48.0 Å². The fourth-order valence-corrected chi connectivity index (χ4v) is 2.63. The highest BCUT2D eigenvalue weighted by Crippen LogP contribution is 2.30. The van der Waals surface area contributed by atoms with Crippen LogP contribution in [0.3, 0.4) is 0 Å². The van der Waals surface area contributed by atoms with Gasteiger partial charge in [-0.3, -0.25) is 4.79 Å². The summed E-state index contributed by atoms with van der Waals surface area (Å²) in [5, 5.41) is 0. The van der Waals surface area contributed by atoms with Crippen LogP contribution in [0.2, 0.25) is 0 Å². The van der Waals surface area contributed by atoms with Crippen LogP contribution in [0.25, 0.3) is 0 Å². The molecule has 0 aromatic heterocycles. The maximum absolute atomic E-state index is 12.8. The lowest BCUT2D eigenvalue weighted by atomic mass is 10.1. The van der Waals surface area contributed by atoms with Crippen LogP contribution in [0.1, 0.15) is 28.4 Å². The van der Waals surface area contributed by atoms with Crippen LogP contribution < -0.4 is 14.2 Å². The van der Waals surface area contributed by atoms with E-state index in [1.165, 1.54) is 0 Å². The van der Waals surface area contributed by atoms with Crippen molar-refractivity contribution in [1.29, 1.82) is 0 Å². The number of carbonyl (C=O) groups excluding carboxylic acids is 1. The van der Waals surface area contributed by atoms with E-state index < -0.39 is 0 Å². The molecule has 0 atom stereocenters. The minimum absolute atomic E-state index is 0.0921. The van der Waals surface area contributed by atoms with Gasteiger partial charge < -0.3 is 19.1 Å². The molecule has 0 radical (unpaired) electrons. The van der Waals surface area contributed by atoms with Gasteiger partial charge in [0.05, 0.1) is 20.8 Å². The molecule has 0 fully saturated rings. The second-order valence-electron chi connectivity index (χ2n) is 5.74. The van der Waals surface area contributed by atoms with Gasteiger partial charge in [0, 0.05) is 24.7 Å². The molecule has 0 saturated heterocycles. The molecule has 0 aliphatic rings. The number of benzene rings is 2. The maximum Gasteiger partial charge on any atom is 0.254 e. The largest absolute Gasteiger partial charge is 0.496 e. The number of nitrogens with zero attached hydrogens (tertiary/aromatic N) is 1. The van der Waals surface area contributed by atoms with Crippen molar-refractivity contribution in [3.8, 4) is 17.2 Å². The van der Waals surface area contributed by atoms with Crippen LogP contribution in [-0.2, 0) is 6.54 Å². The van der Waals surface area contributed by atoms with E-state index >= 15 is 0 Å². The zero-order chi connectivity index (χ0) is 18.4. The summed E-state index contributed by atoms with van der Waals surface area (Å²) in [5.74, 6) is 2.01. The number of methoxy groups -OCH3 is 2. The van der Waals surface area contributed by atoms with Crippen molar-refractivity contribution in [1.82, 2.24) is 4.90 Å². The summed E-state index contributed by atoms with van der Waals surface area (Å²) in [6.45, 7) is 4.98. The highest BCUT2D eigenvalue weighted by Gasteiger charge is 2.17. The third kappa shape index (κ3) is 4.44. The number of hydrogen-bond acceptors (Lipinski definition) is 4. The van der Waals surface area contributed by atoms with Crippen molar-refractivity contribution in [2.45, 2.75) is 20.4 Å². The Morgan fingerprint density at radius 3 is 2.08 bits per heavy atom. The van der Waals surface area contributed by atoms with E-state index in [0.29, 0.717) is 30.2 Å². The zero-order valence-corrected chi connectivity index (χ0v) is 15.5. The normalized spacial score (nSPS) is 10.3. The first-order valence-electron chi connectivity index (χ1n) is 8.20. The summed E-state index contributed by atoms with van der Waals surface area (Å²) in [5.41, 5.74) is 2.44. The first-order valence-corrected chi connectivity index (χ1v) is 8.20. The fourth-order valence-electron chi connectivity index (χ4n) is 2.63. The summed E-state index contributed by atoms with van der Waals surface area (Å²) >= 11 is 0. The van der Waals surface area contributed by atoms with E-state index in [9.17, 15) is 4.79 Å². The number of carbonyl (C=O) groups is 1. The van der Waals surface area contributed by atoms with Crippen LogP contribution in [0.15, 0.2) is 36.4 Å². The summed E-state index contributed by atoms with van der Waals surface area (Å²) < 4.78 is 16.1. The Bertz CT molecular complexity index is 700. The molecule has 134 valence electrons. The molecule has 0 aliphatic heterocycles. The summed E-state index contributed by atoms with van der Waals surface area (Å²) in [6.07, 6.45) is 0. The van der Waals surface area contributed by atoms with Gasteiger partial charge in [0.2, 0.25) is 0 Å². The monoisotopic (exact) mass is 343 g/mol. The fraction of sp³-hybridized carbons (Fsp3) is 0.350. The molecule has 2 aromatic carbocycles. The third-order valence-corrected chi connectivity index (χ3v) is 4.00. The molecule has 0 N–H and O–H groups in total. The Balaban J connectivity index is 2.16. The minimum Gasteiger partial charge on any atom is -0.496 e. The molecule has 0 unspecified atom stereocenters. The molecule has 25 heavy (non-hydrogen) atoms. The van der Waals surface area contributed by atoms with Crippen molar-refractivity contribution in [3.63, 3.8) is 0 Å². The minimum atomic E-state index is -0.0921. The number of rotatable bonds is 7. The predicted octanol–water partition coefficient (Wildman–Crippen LogP) is 3.68.